The van der Waals surface area contributed by atoms with Crippen LogP contribution >= 0.6 is 0 Å². The van der Waals surface area contributed by atoms with E-state index < -0.39 is 0 Å². The fourth-order valence-corrected chi connectivity index (χ4v) is 0.812. The Labute approximate surface area is 59.5 Å². The third-order valence-electron chi connectivity index (χ3n) is 1.32. The zero-order valence-electron chi connectivity index (χ0n) is 5.67. The van der Waals surface area contributed by atoms with Crippen LogP contribution in [0.25, 0.3) is 0 Å². The molecule has 1 aliphatic rings. The molecule has 0 saturated carbocycles. The minimum Gasteiger partial charge on any atom is -0.286 e. The summed E-state index contributed by atoms with van der Waals surface area (Å²) in [6.07, 6.45) is 5.86. The van der Waals surface area contributed by atoms with E-state index in [-0.39, 0.29) is 0 Å². The van der Waals surface area contributed by atoms with Gasteiger partial charge in [0, 0.05) is 11.9 Å². The molecule has 0 aromatic carbocycles. The molecule has 0 amide bonds. The molecular formula is C6H10N4. The van der Waals surface area contributed by atoms with Gasteiger partial charge in [0.15, 0.2) is 0 Å². The molecule has 1 heterocycles. The summed E-state index contributed by atoms with van der Waals surface area (Å²) in [5.74, 6) is 0. The van der Waals surface area contributed by atoms with Crippen LogP contribution in [0.1, 0.15) is 12.8 Å². The molecule has 0 aliphatic carbocycles. The lowest BCUT2D eigenvalue weighted by Crippen LogP contribution is -2.17. The van der Waals surface area contributed by atoms with Crippen molar-refractivity contribution in [2.75, 3.05) is 6.54 Å². The summed E-state index contributed by atoms with van der Waals surface area (Å²) in [6.45, 7) is 0.605. The number of hydrogen-bond acceptors (Lipinski definition) is 3. The van der Waals surface area contributed by atoms with Gasteiger partial charge >= 0.3 is 0 Å². The monoisotopic (exact) mass is 138 g/mol. The molecule has 0 radical (unpaired) electrons. The van der Waals surface area contributed by atoms with Crippen molar-refractivity contribution < 1.29 is 0 Å². The topological polar surface area (TPSA) is 60.6 Å². The summed E-state index contributed by atoms with van der Waals surface area (Å²) in [5.41, 5.74) is 10.1. The van der Waals surface area contributed by atoms with Crippen molar-refractivity contribution in [2.24, 2.45) is 10.2 Å². The van der Waals surface area contributed by atoms with E-state index in [1.54, 1.807) is 6.20 Å². The summed E-state index contributed by atoms with van der Waals surface area (Å²) in [5, 5.41) is 3.02. The molecule has 10 heavy (non-hydrogen) atoms. The van der Waals surface area contributed by atoms with E-state index in [0.717, 1.165) is 18.6 Å². The SMILES string of the molecule is N=NNCC1=NC=CCC1. The van der Waals surface area contributed by atoms with E-state index in [1.807, 2.05) is 6.08 Å². The highest BCUT2D eigenvalue weighted by molar-refractivity contribution is 5.87. The van der Waals surface area contributed by atoms with Crippen molar-refractivity contribution in [3.05, 3.63) is 12.3 Å². The van der Waals surface area contributed by atoms with Crippen LogP contribution in [-0.4, -0.2) is 12.3 Å². The fourth-order valence-electron chi connectivity index (χ4n) is 0.812. The fraction of sp³-hybridized carbons (Fsp3) is 0.500. The van der Waals surface area contributed by atoms with Gasteiger partial charge in [-0.15, -0.1) is 0 Å². The first-order valence-electron chi connectivity index (χ1n) is 3.23. The van der Waals surface area contributed by atoms with Crippen LogP contribution in [-0.2, 0) is 0 Å². The predicted octanol–water partition coefficient (Wildman–Crippen LogP) is 1.27. The Balaban J connectivity index is 2.32. The van der Waals surface area contributed by atoms with Crippen molar-refractivity contribution >= 4 is 5.71 Å². The maximum absolute atomic E-state index is 6.46. The minimum absolute atomic E-state index is 0.605. The Kier molecular flexibility index (Phi) is 2.61. The number of rotatable bonds is 3. The van der Waals surface area contributed by atoms with Gasteiger partial charge in [0.2, 0.25) is 0 Å². The lowest BCUT2D eigenvalue weighted by Gasteiger charge is -2.04. The van der Waals surface area contributed by atoms with Gasteiger partial charge in [-0.3, -0.25) is 10.4 Å². The van der Waals surface area contributed by atoms with Crippen molar-refractivity contribution in [3.8, 4) is 0 Å². The summed E-state index contributed by atoms with van der Waals surface area (Å²) >= 11 is 0. The highest BCUT2D eigenvalue weighted by Crippen LogP contribution is 2.01. The second-order valence-electron chi connectivity index (χ2n) is 2.07. The van der Waals surface area contributed by atoms with Crippen molar-refractivity contribution in [2.45, 2.75) is 12.8 Å². The lowest BCUT2D eigenvalue weighted by atomic mass is 10.2. The van der Waals surface area contributed by atoms with Crippen molar-refractivity contribution in [1.82, 2.24) is 5.43 Å². The Morgan fingerprint density at radius 1 is 1.80 bits per heavy atom. The maximum Gasteiger partial charge on any atom is 0.0729 e. The van der Waals surface area contributed by atoms with Crippen LogP contribution in [0.4, 0.5) is 0 Å². The van der Waals surface area contributed by atoms with Crippen LogP contribution in [0, 0.1) is 5.53 Å². The number of allylic oxidation sites excluding steroid dienone is 1. The van der Waals surface area contributed by atoms with E-state index in [4.69, 9.17) is 5.53 Å². The van der Waals surface area contributed by atoms with Crippen molar-refractivity contribution in [3.63, 3.8) is 0 Å². The Hall–Kier alpha value is -1.19. The van der Waals surface area contributed by atoms with Gasteiger partial charge in [0.1, 0.15) is 0 Å². The van der Waals surface area contributed by atoms with Crippen LogP contribution < -0.4 is 5.43 Å². The first-order valence-corrected chi connectivity index (χ1v) is 3.23. The zero-order chi connectivity index (χ0) is 7.23. The molecule has 54 valence electrons. The molecule has 0 unspecified atom stereocenters. The normalized spacial score (nSPS) is 16.2. The molecule has 0 atom stereocenters. The number of hydrogen-bond donors (Lipinski definition) is 2. The van der Waals surface area contributed by atoms with Crippen molar-refractivity contribution in [1.29, 1.82) is 5.53 Å². The summed E-state index contributed by atoms with van der Waals surface area (Å²) in [6, 6.07) is 0. The molecule has 1 rings (SSSR count). The Bertz CT molecular complexity index is 171. The van der Waals surface area contributed by atoms with E-state index in [2.05, 4.69) is 15.6 Å². The molecular weight excluding hydrogens is 128 g/mol. The van der Waals surface area contributed by atoms with E-state index >= 15 is 0 Å². The Morgan fingerprint density at radius 3 is 3.30 bits per heavy atom. The van der Waals surface area contributed by atoms with Gasteiger partial charge in [-0.25, -0.2) is 0 Å². The van der Waals surface area contributed by atoms with Gasteiger partial charge in [0.25, 0.3) is 0 Å². The molecule has 4 nitrogen and oxygen atoms in total. The van der Waals surface area contributed by atoms with E-state index in [1.165, 1.54) is 0 Å². The highest BCUT2D eigenvalue weighted by atomic mass is 15.4. The number of aliphatic imine (C=N–C) groups is 1. The van der Waals surface area contributed by atoms with E-state index in [9.17, 15) is 0 Å². The third-order valence-corrected chi connectivity index (χ3v) is 1.32. The molecule has 0 fully saturated rings. The average molecular weight is 138 g/mol. The molecule has 0 bridgehead atoms. The van der Waals surface area contributed by atoms with Gasteiger partial charge in [0.05, 0.1) is 6.54 Å². The molecule has 0 spiro atoms. The largest absolute Gasteiger partial charge is 0.286 e. The lowest BCUT2D eigenvalue weighted by molar-refractivity contribution is 0.739. The molecule has 2 N–H and O–H groups in total. The zero-order valence-corrected chi connectivity index (χ0v) is 5.67. The van der Waals surface area contributed by atoms with Gasteiger partial charge < -0.3 is 0 Å². The quantitative estimate of drug-likeness (QED) is 0.447. The Morgan fingerprint density at radius 2 is 2.70 bits per heavy atom. The summed E-state index contributed by atoms with van der Waals surface area (Å²) in [4.78, 5) is 4.10. The molecule has 0 saturated heterocycles. The number of nitrogens with zero attached hydrogens (tertiary/aromatic N) is 2. The van der Waals surface area contributed by atoms with Crippen LogP contribution in [0.5, 0.6) is 0 Å². The molecule has 4 heteroatoms. The average Bonchev–Trinajstić information content (AvgIpc) is 2.03. The third kappa shape index (κ3) is 1.97. The second kappa shape index (κ2) is 3.76. The first-order chi connectivity index (χ1) is 4.93. The summed E-state index contributed by atoms with van der Waals surface area (Å²) < 4.78 is 0. The molecule has 0 aromatic rings. The second-order valence-corrected chi connectivity index (χ2v) is 2.07. The minimum atomic E-state index is 0.605. The molecule has 1 aliphatic heterocycles. The van der Waals surface area contributed by atoms with Crippen LogP contribution in [0.15, 0.2) is 22.5 Å². The smallest absolute Gasteiger partial charge is 0.0729 e. The first kappa shape index (κ1) is 6.92. The van der Waals surface area contributed by atoms with Gasteiger partial charge in [-0.2, -0.15) is 5.53 Å². The predicted molar refractivity (Wildman–Crippen MR) is 39.0 cm³/mol. The summed E-state index contributed by atoms with van der Waals surface area (Å²) in [7, 11) is 0. The van der Waals surface area contributed by atoms with E-state index in [0.29, 0.717) is 6.54 Å². The standard InChI is InChI=1S/C6H10N4/c7-10-9-5-6-3-1-2-4-8-6/h2,4H,1,3,5H2,(H2,7,9). The molecule has 0 aromatic heterocycles. The highest BCUT2D eigenvalue weighted by Gasteiger charge is 1.98. The number of nitrogens with one attached hydrogen (secondary N) is 2. The van der Waals surface area contributed by atoms with Crippen LogP contribution in [0.2, 0.25) is 0 Å². The van der Waals surface area contributed by atoms with Crippen LogP contribution in [0.3, 0.4) is 0 Å². The van der Waals surface area contributed by atoms with Gasteiger partial charge in [-0.1, -0.05) is 11.3 Å². The van der Waals surface area contributed by atoms with Gasteiger partial charge in [-0.05, 0) is 12.8 Å². The maximum atomic E-state index is 6.46.